The molecule has 1 amide bonds. The molecule has 0 aliphatic rings. The van der Waals surface area contributed by atoms with E-state index in [9.17, 15) is 40.3 Å². The summed E-state index contributed by atoms with van der Waals surface area (Å²) in [7, 11) is 1.00. The zero-order valence-corrected chi connectivity index (χ0v) is 21.2. The molecule has 0 unspecified atom stereocenters. The van der Waals surface area contributed by atoms with Crippen LogP contribution in [0.15, 0.2) is 36.5 Å². The first-order valence-electron chi connectivity index (χ1n) is 11.1. The van der Waals surface area contributed by atoms with Gasteiger partial charge in [-0.3, -0.25) is 4.79 Å². The number of anilines is 1. The minimum absolute atomic E-state index is 0.0982. The average molecular weight is 628 g/mol. The maximum absolute atomic E-state index is 15.2. The van der Waals surface area contributed by atoms with Crippen molar-refractivity contribution in [2.24, 2.45) is 0 Å². The molecule has 0 aliphatic carbocycles. The molecule has 0 atom stereocenters. The SMILES string of the molecule is COC(=O)c1cc(NC(=O)c2c(Oc3ccc(OC(F)(F)F)c(F)c3OC(O)(O)O)ccc(C(F)(F)F)c2F)c(C)cn1. The number of alkyl halides is 6. The average Bonchev–Trinajstić information content (AvgIpc) is 2.86. The molecule has 0 spiro atoms. The molecule has 3 aromatic rings. The van der Waals surface area contributed by atoms with Crippen LogP contribution < -0.4 is 19.5 Å². The maximum atomic E-state index is 15.2. The van der Waals surface area contributed by atoms with E-state index in [1.165, 1.54) is 6.92 Å². The minimum Gasteiger partial charge on any atom is -0.464 e. The molecule has 4 N–H and O–H groups in total. The lowest BCUT2D eigenvalue weighted by Gasteiger charge is -2.21. The molecule has 0 radical (unpaired) electrons. The van der Waals surface area contributed by atoms with Crippen molar-refractivity contribution in [2.75, 3.05) is 12.4 Å². The first-order chi connectivity index (χ1) is 19.7. The number of aromatic nitrogens is 1. The molecule has 2 aromatic carbocycles. The van der Waals surface area contributed by atoms with Crippen LogP contribution in [-0.4, -0.2) is 51.8 Å². The molecule has 0 fully saturated rings. The molecule has 232 valence electrons. The number of methoxy groups -OCH3 is 1. The highest BCUT2D eigenvalue weighted by Gasteiger charge is 2.39. The Bertz CT molecular complexity index is 1550. The number of nitrogens with one attached hydrogen (secondary N) is 1. The molecule has 11 nitrogen and oxygen atoms in total. The Morgan fingerprint density at radius 1 is 0.884 bits per heavy atom. The number of pyridine rings is 1. The molecule has 1 heterocycles. The number of esters is 1. The van der Waals surface area contributed by atoms with Crippen LogP contribution in [0.4, 0.5) is 40.8 Å². The van der Waals surface area contributed by atoms with Gasteiger partial charge in [0.25, 0.3) is 5.91 Å². The molecule has 0 bridgehead atoms. The number of nitrogens with zero attached hydrogens (tertiary/aromatic N) is 1. The normalized spacial score (nSPS) is 12.0. The van der Waals surface area contributed by atoms with Crippen LogP contribution in [0.2, 0.25) is 0 Å². The Kier molecular flexibility index (Phi) is 9.03. The van der Waals surface area contributed by atoms with Crippen LogP contribution >= 0.6 is 0 Å². The summed E-state index contributed by atoms with van der Waals surface area (Å²) in [6.07, 6.45) is -14.1. The number of hydrogen-bond acceptors (Lipinski definition) is 10. The van der Waals surface area contributed by atoms with Gasteiger partial charge < -0.3 is 39.6 Å². The molecular weight excluding hydrogens is 612 g/mol. The lowest BCUT2D eigenvalue weighted by atomic mass is 10.1. The molecule has 0 saturated carbocycles. The Hall–Kier alpha value is -4.75. The van der Waals surface area contributed by atoms with Gasteiger partial charge in [0.2, 0.25) is 11.6 Å². The van der Waals surface area contributed by atoms with E-state index >= 15 is 4.39 Å². The Balaban J connectivity index is 2.18. The largest absolute Gasteiger partial charge is 0.573 e. The van der Waals surface area contributed by atoms with Crippen LogP contribution in [0, 0.1) is 18.6 Å². The molecule has 0 saturated heterocycles. The van der Waals surface area contributed by atoms with E-state index in [1.807, 2.05) is 5.32 Å². The first kappa shape index (κ1) is 32.8. The number of halogens is 8. The second-order valence-electron chi connectivity index (χ2n) is 8.16. The van der Waals surface area contributed by atoms with Crippen molar-refractivity contribution in [3.63, 3.8) is 0 Å². The van der Waals surface area contributed by atoms with Crippen molar-refractivity contribution < 1.29 is 79.0 Å². The van der Waals surface area contributed by atoms with Crippen LogP contribution in [0.5, 0.6) is 23.0 Å². The van der Waals surface area contributed by atoms with Crippen molar-refractivity contribution in [1.29, 1.82) is 0 Å². The number of ether oxygens (including phenoxy) is 4. The third-order valence-corrected chi connectivity index (χ3v) is 5.09. The van der Waals surface area contributed by atoms with Crippen LogP contribution in [0.3, 0.4) is 0 Å². The first-order valence-corrected chi connectivity index (χ1v) is 11.1. The summed E-state index contributed by atoms with van der Waals surface area (Å²) in [6, 6.07) is 2.04. The second kappa shape index (κ2) is 11.9. The van der Waals surface area contributed by atoms with Crippen LogP contribution in [0.1, 0.15) is 32.0 Å². The Labute approximate surface area is 233 Å². The van der Waals surface area contributed by atoms with E-state index in [0.29, 0.717) is 12.1 Å². The van der Waals surface area contributed by atoms with E-state index in [2.05, 4.69) is 19.2 Å². The van der Waals surface area contributed by atoms with Gasteiger partial charge in [0.1, 0.15) is 17.0 Å². The minimum atomic E-state index is -5.49. The van der Waals surface area contributed by atoms with Crippen molar-refractivity contribution >= 4 is 17.6 Å². The van der Waals surface area contributed by atoms with Gasteiger partial charge in [0, 0.05) is 11.9 Å². The van der Waals surface area contributed by atoms with E-state index in [-0.39, 0.29) is 29.1 Å². The number of amides is 1. The molecule has 1 aromatic heterocycles. The standard InChI is InChI=1S/C24H16F8N2O9/c1-9-8-33-12(21(36)40-2)7-11(9)34-20(35)16-13(4-3-10(17(16)25)22(27,28)29)41-15-6-5-14(42-23(30,31)32)18(26)19(15)43-24(37,38)39/h3-8,37-39H,1-2H3,(H,33,34,35). The van der Waals surface area contributed by atoms with Crippen LogP contribution in [0.25, 0.3) is 0 Å². The molecule has 3 rings (SSSR count). The number of aryl methyl sites for hydroxylation is 1. The van der Waals surface area contributed by atoms with Gasteiger partial charge in [0.15, 0.2) is 17.3 Å². The second-order valence-corrected chi connectivity index (χ2v) is 8.16. The summed E-state index contributed by atoms with van der Waals surface area (Å²) in [5, 5.41) is 29.4. The summed E-state index contributed by atoms with van der Waals surface area (Å²) in [5.41, 5.74) is -4.00. The smallest absolute Gasteiger partial charge is 0.464 e. The van der Waals surface area contributed by atoms with Gasteiger partial charge in [-0.1, -0.05) is 0 Å². The third kappa shape index (κ3) is 7.96. The Morgan fingerprint density at radius 2 is 1.49 bits per heavy atom. The molecule has 43 heavy (non-hydrogen) atoms. The van der Waals surface area contributed by atoms with E-state index < -0.39 is 76.3 Å². The zero-order chi connectivity index (χ0) is 32.5. The third-order valence-electron chi connectivity index (χ3n) is 5.09. The number of hydrogen-bond donors (Lipinski definition) is 4. The predicted octanol–water partition coefficient (Wildman–Crippen LogP) is 4.38. The number of carbonyl (C=O) groups excluding carboxylic acids is 2. The van der Waals surface area contributed by atoms with Crippen LogP contribution in [-0.2, 0) is 10.9 Å². The van der Waals surface area contributed by atoms with Gasteiger partial charge in [-0.05, 0) is 42.8 Å². The Morgan fingerprint density at radius 3 is 2.05 bits per heavy atom. The van der Waals surface area contributed by atoms with E-state index in [1.54, 1.807) is 0 Å². The highest BCUT2D eigenvalue weighted by Crippen LogP contribution is 2.43. The summed E-state index contributed by atoms with van der Waals surface area (Å²) < 4.78 is 125. The number of rotatable bonds is 8. The van der Waals surface area contributed by atoms with Gasteiger partial charge >= 0.3 is 24.7 Å². The van der Waals surface area contributed by atoms with Gasteiger partial charge in [-0.25, -0.2) is 14.2 Å². The summed E-state index contributed by atoms with van der Waals surface area (Å²) >= 11 is 0. The summed E-state index contributed by atoms with van der Waals surface area (Å²) in [4.78, 5) is 28.6. The van der Waals surface area contributed by atoms with Gasteiger partial charge in [-0.15, -0.1) is 13.2 Å². The summed E-state index contributed by atoms with van der Waals surface area (Å²) in [6.45, 7) is 1.34. The lowest BCUT2D eigenvalue weighted by molar-refractivity contribution is -0.420. The molecular formula is C24H16F8N2O9. The van der Waals surface area contributed by atoms with Crippen molar-refractivity contribution in [1.82, 2.24) is 4.98 Å². The highest BCUT2D eigenvalue weighted by atomic mass is 19.4. The van der Waals surface area contributed by atoms with E-state index in [4.69, 9.17) is 20.1 Å². The summed E-state index contributed by atoms with van der Waals surface area (Å²) in [5.74, 6) is -12.8. The van der Waals surface area contributed by atoms with Crippen molar-refractivity contribution in [3.8, 4) is 23.0 Å². The lowest BCUT2D eigenvalue weighted by Crippen LogP contribution is -2.35. The van der Waals surface area contributed by atoms with Crippen molar-refractivity contribution in [3.05, 3.63) is 70.5 Å². The zero-order valence-electron chi connectivity index (χ0n) is 21.2. The number of benzene rings is 2. The molecule has 0 aliphatic heterocycles. The highest BCUT2D eigenvalue weighted by molar-refractivity contribution is 6.07. The fraction of sp³-hybridized carbons (Fsp3) is 0.208. The quantitative estimate of drug-likeness (QED) is 0.160. The number of aliphatic hydroxyl groups is 3. The van der Waals surface area contributed by atoms with E-state index in [0.717, 1.165) is 19.4 Å². The monoisotopic (exact) mass is 628 g/mol. The van der Waals surface area contributed by atoms with Gasteiger partial charge in [-0.2, -0.15) is 17.6 Å². The number of carbonyl (C=O) groups is 2. The molecule has 19 heteroatoms. The van der Waals surface area contributed by atoms with Gasteiger partial charge in [0.05, 0.1) is 12.7 Å². The predicted molar refractivity (Wildman–Crippen MR) is 123 cm³/mol. The topological polar surface area (TPSA) is 157 Å². The fourth-order valence-corrected chi connectivity index (χ4v) is 3.29. The maximum Gasteiger partial charge on any atom is 0.573 e. The fourth-order valence-electron chi connectivity index (χ4n) is 3.29. The van der Waals surface area contributed by atoms with Crippen molar-refractivity contribution in [2.45, 2.75) is 25.6 Å².